The van der Waals surface area contributed by atoms with Gasteiger partial charge in [0.25, 0.3) is 11.1 Å². The molecular weight excluding hydrogens is 272 g/mol. The van der Waals surface area contributed by atoms with E-state index in [0.29, 0.717) is 18.5 Å². The molecule has 0 aliphatic carbocycles. The molecule has 21 heavy (non-hydrogen) atoms. The van der Waals surface area contributed by atoms with E-state index >= 15 is 0 Å². The van der Waals surface area contributed by atoms with Crippen molar-refractivity contribution in [3.8, 4) is 0 Å². The van der Waals surface area contributed by atoms with Gasteiger partial charge >= 0.3 is 0 Å². The van der Waals surface area contributed by atoms with Gasteiger partial charge < -0.3 is 11.1 Å². The summed E-state index contributed by atoms with van der Waals surface area (Å²) >= 11 is 0. The first-order chi connectivity index (χ1) is 9.99. The molecule has 7 nitrogen and oxygen atoms in total. The fourth-order valence-corrected chi connectivity index (χ4v) is 2.13. The van der Waals surface area contributed by atoms with Crippen molar-refractivity contribution in [1.29, 1.82) is 0 Å². The van der Waals surface area contributed by atoms with Crippen molar-refractivity contribution in [3.05, 3.63) is 38.9 Å². The molecule has 5 N–H and O–H groups in total. The normalized spacial score (nSPS) is 12.3. The molecule has 0 bridgehead atoms. The van der Waals surface area contributed by atoms with Crippen LogP contribution in [0.2, 0.25) is 0 Å². The Morgan fingerprint density at radius 3 is 2.71 bits per heavy atom. The van der Waals surface area contributed by atoms with Gasteiger partial charge in [-0.15, -0.1) is 0 Å². The van der Waals surface area contributed by atoms with Crippen molar-refractivity contribution in [1.82, 2.24) is 10.2 Å². The number of nitrogens with one attached hydrogen (secondary N) is 3. The van der Waals surface area contributed by atoms with Gasteiger partial charge in [0.05, 0.1) is 16.5 Å². The third-order valence-corrected chi connectivity index (χ3v) is 3.16. The third kappa shape index (κ3) is 3.57. The molecule has 0 saturated heterocycles. The SMILES string of the molecule is CC(N)CCCC(=O)Nc1cccc2c(=O)[nH][nH]c(=O)c12. The van der Waals surface area contributed by atoms with Crippen molar-refractivity contribution in [2.24, 2.45) is 5.73 Å². The van der Waals surface area contributed by atoms with Crippen molar-refractivity contribution in [2.75, 3.05) is 5.32 Å². The molecule has 0 aliphatic heterocycles. The maximum absolute atomic E-state index is 11.9. The Hall–Kier alpha value is -2.41. The molecule has 1 heterocycles. The first-order valence-corrected chi connectivity index (χ1v) is 6.78. The van der Waals surface area contributed by atoms with Gasteiger partial charge in [0.15, 0.2) is 0 Å². The van der Waals surface area contributed by atoms with Crippen molar-refractivity contribution < 1.29 is 4.79 Å². The zero-order valence-electron chi connectivity index (χ0n) is 11.7. The molecule has 0 spiro atoms. The van der Waals surface area contributed by atoms with Crippen molar-refractivity contribution in [2.45, 2.75) is 32.2 Å². The monoisotopic (exact) mass is 290 g/mol. The highest BCUT2D eigenvalue weighted by atomic mass is 16.2. The second kappa shape index (κ2) is 6.36. The molecular formula is C14H18N4O3. The van der Waals surface area contributed by atoms with E-state index in [-0.39, 0.29) is 22.7 Å². The second-order valence-corrected chi connectivity index (χ2v) is 5.05. The summed E-state index contributed by atoms with van der Waals surface area (Å²) in [6.45, 7) is 1.88. The van der Waals surface area contributed by atoms with Crippen LogP contribution >= 0.6 is 0 Å². The summed E-state index contributed by atoms with van der Waals surface area (Å²) in [5.41, 5.74) is 5.11. The predicted molar refractivity (Wildman–Crippen MR) is 81.3 cm³/mol. The average Bonchev–Trinajstić information content (AvgIpc) is 2.42. The van der Waals surface area contributed by atoms with E-state index < -0.39 is 11.1 Å². The number of carbonyl (C=O) groups is 1. The molecule has 0 aliphatic rings. The summed E-state index contributed by atoms with van der Waals surface area (Å²) in [7, 11) is 0. The van der Waals surface area contributed by atoms with Crippen molar-refractivity contribution in [3.63, 3.8) is 0 Å². The highest BCUT2D eigenvalue weighted by molar-refractivity contribution is 6.01. The molecule has 1 atom stereocenters. The van der Waals surface area contributed by atoms with Gasteiger partial charge in [0.2, 0.25) is 5.91 Å². The molecule has 1 amide bonds. The second-order valence-electron chi connectivity index (χ2n) is 5.05. The minimum atomic E-state index is -0.448. The summed E-state index contributed by atoms with van der Waals surface area (Å²) in [5, 5.41) is 7.60. The predicted octanol–water partition coefficient (Wildman–Crippen LogP) is 0.672. The number of nitrogens with two attached hydrogens (primary N) is 1. The Kier molecular flexibility index (Phi) is 4.54. The van der Waals surface area contributed by atoms with Gasteiger partial charge in [-0.2, -0.15) is 0 Å². The minimum Gasteiger partial charge on any atom is -0.328 e. The zero-order chi connectivity index (χ0) is 15.4. The maximum atomic E-state index is 11.9. The zero-order valence-corrected chi connectivity index (χ0v) is 11.7. The van der Waals surface area contributed by atoms with E-state index in [1.807, 2.05) is 6.92 Å². The van der Waals surface area contributed by atoms with Crippen LogP contribution < -0.4 is 22.2 Å². The van der Waals surface area contributed by atoms with Crippen LogP contribution in [0.1, 0.15) is 26.2 Å². The van der Waals surface area contributed by atoms with Gasteiger partial charge in [-0.1, -0.05) is 6.07 Å². The quantitative estimate of drug-likeness (QED) is 0.646. The topological polar surface area (TPSA) is 121 Å². The maximum Gasteiger partial charge on any atom is 0.272 e. The van der Waals surface area contributed by atoms with Crippen LogP contribution in [0, 0.1) is 0 Å². The van der Waals surface area contributed by atoms with E-state index in [1.54, 1.807) is 12.1 Å². The van der Waals surface area contributed by atoms with E-state index in [1.165, 1.54) is 6.07 Å². The Bertz CT molecular complexity index is 761. The third-order valence-electron chi connectivity index (χ3n) is 3.16. The molecule has 2 aromatic rings. The number of aromatic nitrogens is 2. The van der Waals surface area contributed by atoms with E-state index in [0.717, 1.165) is 6.42 Å². The van der Waals surface area contributed by atoms with Crippen LogP contribution in [-0.4, -0.2) is 22.1 Å². The molecule has 1 aromatic heterocycles. The van der Waals surface area contributed by atoms with Gasteiger partial charge in [0.1, 0.15) is 0 Å². The highest BCUT2D eigenvalue weighted by Gasteiger charge is 2.10. The first-order valence-electron chi connectivity index (χ1n) is 6.78. The largest absolute Gasteiger partial charge is 0.328 e. The molecule has 0 saturated carbocycles. The number of fused-ring (bicyclic) bond motifs is 1. The lowest BCUT2D eigenvalue weighted by Gasteiger charge is -2.08. The molecule has 0 radical (unpaired) electrons. The van der Waals surface area contributed by atoms with Crippen molar-refractivity contribution >= 4 is 22.4 Å². The molecule has 2 rings (SSSR count). The number of benzene rings is 1. The van der Waals surface area contributed by atoms with Gasteiger partial charge in [-0.05, 0) is 31.9 Å². The van der Waals surface area contributed by atoms with Gasteiger partial charge in [-0.25, -0.2) is 0 Å². The van der Waals surface area contributed by atoms with Gasteiger partial charge in [0, 0.05) is 12.5 Å². The molecule has 0 fully saturated rings. The lowest BCUT2D eigenvalue weighted by Crippen LogP contribution is -2.21. The number of amides is 1. The smallest absolute Gasteiger partial charge is 0.272 e. The van der Waals surface area contributed by atoms with Crippen LogP contribution in [-0.2, 0) is 4.79 Å². The fourth-order valence-electron chi connectivity index (χ4n) is 2.13. The number of carbonyl (C=O) groups excluding carboxylic acids is 1. The van der Waals surface area contributed by atoms with E-state index in [2.05, 4.69) is 15.5 Å². The number of hydrogen-bond donors (Lipinski definition) is 4. The molecule has 112 valence electrons. The molecule has 1 unspecified atom stereocenters. The summed E-state index contributed by atoms with van der Waals surface area (Å²) in [4.78, 5) is 35.4. The number of H-pyrrole nitrogens is 2. The Labute approximate surface area is 120 Å². The Morgan fingerprint density at radius 1 is 1.29 bits per heavy atom. The standard InChI is InChI=1S/C14H18N4O3/c1-8(15)4-2-7-11(19)16-10-6-3-5-9-12(10)14(21)18-17-13(9)20/h3,5-6,8H,2,4,7,15H2,1H3,(H,16,19)(H,17,20)(H,18,21). The number of aromatic amines is 2. The van der Waals surface area contributed by atoms with Crippen LogP contribution in [0.4, 0.5) is 5.69 Å². The minimum absolute atomic E-state index is 0.0526. The summed E-state index contributed by atoms with van der Waals surface area (Å²) < 4.78 is 0. The fraction of sp³-hybridized carbons (Fsp3) is 0.357. The van der Waals surface area contributed by atoms with E-state index in [9.17, 15) is 14.4 Å². The number of rotatable bonds is 5. The summed E-state index contributed by atoms with van der Waals surface area (Å²) in [6, 6.07) is 4.81. The first kappa shape index (κ1) is 15.0. The average molecular weight is 290 g/mol. The van der Waals surface area contributed by atoms with Crippen LogP contribution in [0.25, 0.3) is 10.8 Å². The lowest BCUT2D eigenvalue weighted by atomic mass is 10.1. The number of anilines is 1. The molecule has 1 aromatic carbocycles. The van der Waals surface area contributed by atoms with Crippen LogP contribution in [0.3, 0.4) is 0 Å². The van der Waals surface area contributed by atoms with E-state index in [4.69, 9.17) is 5.73 Å². The number of hydrogen-bond acceptors (Lipinski definition) is 4. The Balaban J connectivity index is 2.23. The summed E-state index contributed by atoms with van der Waals surface area (Å²) in [5.74, 6) is -0.206. The van der Waals surface area contributed by atoms with Crippen LogP contribution in [0.5, 0.6) is 0 Å². The lowest BCUT2D eigenvalue weighted by molar-refractivity contribution is -0.116. The van der Waals surface area contributed by atoms with Gasteiger partial charge in [-0.3, -0.25) is 24.6 Å². The highest BCUT2D eigenvalue weighted by Crippen LogP contribution is 2.17. The Morgan fingerprint density at radius 2 is 2.00 bits per heavy atom. The molecule has 7 heteroatoms. The van der Waals surface area contributed by atoms with Crippen LogP contribution in [0.15, 0.2) is 27.8 Å². The summed E-state index contributed by atoms with van der Waals surface area (Å²) in [6.07, 6.45) is 1.74.